The molecule has 0 aliphatic carbocycles. The molecular formula is C7H12FNO3S. The van der Waals surface area contributed by atoms with Gasteiger partial charge in [0.15, 0.2) is 0 Å². The first-order valence-electron chi connectivity index (χ1n) is 4.06. The average Bonchev–Trinajstić information content (AvgIpc) is 1.79. The Morgan fingerprint density at radius 2 is 2.08 bits per heavy atom. The highest BCUT2D eigenvalue weighted by atomic mass is 32.3. The van der Waals surface area contributed by atoms with Gasteiger partial charge in [-0.2, -0.15) is 8.42 Å². The van der Waals surface area contributed by atoms with Crippen LogP contribution < -0.4 is 0 Å². The molecule has 0 bridgehead atoms. The van der Waals surface area contributed by atoms with E-state index < -0.39 is 16.0 Å². The predicted molar refractivity (Wildman–Crippen MR) is 45.3 cm³/mol. The highest BCUT2D eigenvalue weighted by molar-refractivity contribution is 7.86. The van der Waals surface area contributed by atoms with E-state index in [1.165, 1.54) is 6.92 Å². The van der Waals surface area contributed by atoms with Gasteiger partial charge in [0.05, 0.1) is 5.75 Å². The molecule has 0 saturated carbocycles. The standard InChI is InChI=1S/C7H12FNO3S/c1-6(10)9-4-7(5-9)2-3-13(8,11)12/h7H,2-5H2,1H3. The molecule has 0 atom stereocenters. The Morgan fingerprint density at radius 3 is 2.46 bits per heavy atom. The van der Waals surface area contributed by atoms with Crippen LogP contribution in [0.15, 0.2) is 0 Å². The van der Waals surface area contributed by atoms with E-state index in [9.17, 15) is 17.1 Å². The third kappa shape index (κ3) is 3.30. The van der Waals surface area contributed by atoms with Gasteiger partial charge in [0.1, 0.15) is 0 Å². The van der Waals surface area contributed by atoms with Crippen molar-refractivity contribution in [3.05, 3.63) is 0 Å². The molecule has 1 heterocycles. The fourth-order valence-corrected chi connectivity index (χ4v) is 1.93. The molecule has 0 radical (unpaired) electrons. The van der Waals surface area contributed by atoms with Crippen molar-refractivity contribution < 1.29 is 17.1 Å². The second-order valence-electron chi connectivity index (χ2n) is 3.32. The van der Waals surface area contributed by atoms with Crippen molar-refractivity contribution >= 4 is 16.1 Å². The number of rotatable bonds is 3. The molecule has 1 amide bonds. The second-order valence-corrected chi connectivity index (χ2v) is 4.81. The highest BCUT2D eigenvalue weighted by Crippen LogP contribution is 2.19. The minimum absolute atomic E-state index is 0.0145. The van der Waals surface area contributed by atoms with Gasteiger partial charge in [-0.1, -0.05) is 0 Å². The number of halogens is 1. The number of amides is 1. The first kappa shape index (κ1) is 10.4. The Bertz CT molecular complexity index is 295. The van der Waals surface area contributed by atoms with Gasteiger partial charge >= 0.3 is 10.2 Å². The van der Waals surface area contributed by atoms with Crippen LogP contribution in [0.4, 0.5) is 3.89 Å². The summed E-state index contributed by atoms with van der Waals surface area (Å²) in [5.74, 6) is -0.294. The number of hydrogen-bond donors (Lipinski definition) is 0. The quantitative estimate of drug-likeness (QED) is 0.622. The smallest absolute Gasteiger partial charge is 0.302 e. The van der Waals surface area contributed by atoms with Gasteiger partial charge in [-0.15, -0.1) is 3.89 Å². The van der Waals surface area contributed by atoms with E-state index in [0.29, 0.717) is 19.5 Å². The molecular weight excluding hydrogens is 197 g/mol. The van der Waals surface area contributed by atoms with E-state index in [1.807, 2.05) is 0 Å². The molecule has 0 spiro atoms. The molecule has 1 saturated heterocycles. The summed E-state index contributed by atoms with van der Waals surface area (Å²) in [6.07, 6.45) is 0.308. The zero-order valence-electron chi connectivity index (χ0n) is 7.36. The maximum absolute atomic E-state index is 12.1. The first-order chi connectivity index (χ1) is 5.88. The zero-order chi connectivity index (χ0) is 10.1. The van der Waals surface area contributed by atoms with E-state index >= 15 is 0 Å². The van der Waals surface area contributed by atoms with Crippen molar-refractivity contribution in [1.82, 2.24) is 4.90 Å². The molecule has 1 aliphatic rings. The lowest BCUT2D eigenvalue weighted by atomic mass is 9.97. The van der Waals surface area contributed by atoms with Gasteiger partial charge in [-0.25, -0.2) is 0 Å². The molecule has 0 N–H and O–H groups in total. The summed E-state index contributed by atoms with van der Waals surface area (Å²) in [5.41, 5.74) is 0. The number of carbonyl (C=O) groups excluding carboxylic acids is 1. The van der Waals surface area contributed by atoms with Crippen LogP contribution in [-0.2, 0) is 15.0 Å². The predicted octanol–water partition coefficient (Wildman–Crippen LogP) is 0.154. The average molecular weight is 209 g/mol. The molecule has 1 aliphatic heterocycles. The molecule has 0 aromatic heterocycles. The van der Waals surface area contributed by atoms with Crippen LogP contribution in [-0.4, -0.2) is 38.1 Å². The molecule has 13 heavy (non-hydrogen) atoms. The van der Waals surface area contributed by atoms with E-state index in [1.54, 1.807) is 4.90 Å². The normalized spacial score (nSPS) is 18.5. The summed E-state index contributed by atoms with van der Waals surface area (Å²) >= 11 is 0. The SMILES string of the molecule is CC(=O)N1CC(CCS(=O)(=O)F)C1. The number of hydrogen-bond acceptors (Lipinski definition) is 3. The fraction of sp³-hybridized carbons (Fsp3) is 0.857. The van der Waals surface area contributed by atoms with Crippen molar-refractivity contribution in [1.29, 1.82) is 0 Å². The van der Waals surface area contributed by atoms with Gasteiger partial charge in [-0.05, 0) is 12.3 Å². The van der Waals surface area contributed by atoms with Crippen molar-refractivity contribution in [2.45, 2.75) is 13.3 Å². The van der Waals surface area contributed by atoms with Crippen LogP contribution in [0.25, 0.3) is 0 Å². The Kier molecular flexibility index (Phi) is 2.90. The van der Waals surface area contributed by atoms with Gasteiger partial charge in [0.25, 0.3) is 0 Å². The molecule has 0 unspecified atom stereocenters. The Balaban J connectivity index is 2.19. The summed E-state index contributed by atoms with van der Waals surface area (Å²) in [7, 11) is -4.34. The van der Waals surface area contributed by atoms with E-state index in [2.05, 4.69) is 0 Å². The van der Waals surface area contributed by atoms with Crippen LogP contribution in [0.2, 0.25) is 0 Å². The first-order valence-corrected chi connectivity index (χ1v) is 5.61. The second kappa shape index (κ2) is 3.61. The van der Waals surface area contributed by atoms with E-state index in [4.69, 9.17) is 0 Å². The van der Waals surface area contributed by atoms with Gasteiger partial charge in [0, 0.05) is 20.0 Å². The minimum atomic E-state index is -4.34. The van der Waals surface area contributed by atoms with Crippen LogP contribution in [0.1, 0.15) is 13.3 Å². The largest absolute Gasteiger partial charge is 0.342 e. The molecule has 0 aromatic carbocycles. The Hall–Kier alpha value is -0.650. The van der Waals surface area contributed by atoms with E-state index in [0.717, 1.165) is 0 Å². The molecule has 1 rings (SSSR count). The molecule has 76 valence electrons. The van der Waals surface area contributed by atoms with Crippen molar-refractivity contribution in [2.24, 2.45) is 5.92 Å². The lowest BCUT2D eigenvalue weighted by Crippen LogP contribution is -2.49. The summed E-state index contributed by atoms with van der Waals surface area (Å²) in [6.45, 7) is 2.58. The molecule has 4 nitrogen and oxygen atoms in total. The fourth-order valence-electron chi connectivity index (χ4n) is 1.32. The van der Waals surface area contributed by atoms with Gasteiger partial charge < -0.3 is 4.90 Å². The molecule has 0 aromatic rings. The monoisotopic (exact) mass is 209 g/mol. The van der Waals surface area contributed by atoms with Crippen molar-refractivity contribution in [3.8, 4) is 0 Å². The third-order valence-electron chi connectivity index (χ3n) is 2.17. The Labute approximate surface area is 76.9 Å². The maximum atomic E-state index is 12.1. The van der Waals surface area contributed by atoms with Crippen LogP contribution in [0.5, 0.6) is 0 Å². The summed E-state index contributed by atoms with van der Waals surface area (Å²) < 4.78 is 32.3. The van der Waals surface area contributed by atoms with Gasteiger partial charge in [0.2, 0.25) is 5.91 Å². The zero-order valence-corrected chi connectivity index (χ0v) is 8.18. The lowest BCUT2D eigenvalue weighted by molar-refractivity contribution is -0.135. The molecule has 1 fully saturated rings. The topological polar surface area (TPSA) is 54.5 Å². The van der Waals surface area contributed by atoms with Gasteiger partial charge in [-0.3, -0.25) is 4.79 Å². The third-order valence-corrected chi connectivity index (χ3v) is 2.90. The number of nitrogens with zero attached hydrogens (tertiary/aromatic N) is 1. The van der Waals surface area contributed by atoms with Crippen molar-refractivity contribution in [3.63, 3.8) is 0 Å². The summed E-state index contributed by atoms with van der Waals surface area (Å²) in [4.78, 5) is 12.3. The Morgan fingerprint density at radius 1 is 1.54 bits per heavy atom. The van der Waals surface area contributed by atoms with Crippen LogP contribution in [0.3, 0.4) is 0 Å². The number of carbonyl (C=O) groups is 1. The lowest BCUT2D eigenvalue weighted by Gasteiger charge is -2.38. The maximum Gasteiger partial charge on any atom is 0.302 e. The van der Waals surface area contributed by atoms with Crippen molar-refractivity contribution in [2.75, 3.05) is 18.8 Å². The number of likely N-dealkylation sites (tertiary alicyclic amines) is 1. The van der Waals surface area contributed by atoms with Crippen LogP contribution in [0, 0.1) is 5.92 Å². The molecule has 6 heteroatoms. The summed E-state index contributed by atoms with van der Waals surface area (Å²) in [6, 6.07) is 0. The minimum Gasteiger partial charge on any atom is -0.342 e. The van der Waals surface area contributed by atoms with E-state index in [-0.39, 0.29) is 11.8 Å². The highest BCUT2D eigenvalue weighted by Gasteiger charge is 2.29. The van der Waals surface area contributed by atoms with Crippen LogP contribution >= 0.6 is 0 Å². The summed E-state index contributed by atoms with van der Waals surface area (Å²) in [5, 5.41) is 0.